The molecule has 0 saturated carbocycles. The van der Waals surface area contributed by atoms with Crippen LogP contribution in [0.1, 0.15) is 19.9 Å². The van der Waals surface area contributed by atoms with E-state index in [0.29, 0.717) is 18.2 Å². The lowest BCUT2D eigenvalue weighted by molar-refractivity contribution is -0.132. The number of benzene rings is 1. The van der Waals surface area contributed by atoms with Gasteiger partial charge in [0, 0.05) is 19.7 Å². The number of rotatable bonds is 4. The lowest BCUT2D eigenvalue weighted by Crippen LogP contribution is -2.33. The van der Waals surface area contributed by atoms with Crippen molar-refractivity contribution in [2.75, 3.05) is 26.4 Å². The third kappa shape index (κ3) is 2.29. The van der Waals surface area contributed by atoms with Gasteiger partial charge < -0.3 is 15.4 Å². The number of carbonyl (C=O) groups excluding carboxylic acids is 1. The van der Waals surface area contributed by atoms with E-state index >= 15 is 0 Å². The molecule has 2 aromatic rings. The molecule has 0 aliphatic heterocycles. The smallest absolute Gasteiger partial charge is 0.245 e. The van der Waals surface area contributed by atoms with Crippen LogP contribution < -0.4 is 10.5 Å². The van der Waals surface area contributed by atoms with E-state index in [1.807, 2.05) is 32.0 Å². The molecule has 0 saturated heterocycles. The quantitative estimate of drug-likeness (QED) is 0.921. The summed E-state index contributed by atoms with van der Waals surface area (Å²) in [6.07, 6.45) is 0. The first-order valence-electron chi connectivity index (χ1n) is 6.56. The molecule has 0 aliphatic rings. The van der Waals surface area contributed by atoms with Gasteiger partial charge >= 0.3 is 0 Å². The Bertz CT molecular complexity index is 635. The summed E-state index contributed by atoms with van der Waals surface area (Å²) in [7, 11) is 3.37. The van der Waals surface area contributed by atoms with Crippen molar-refractivity contribution < 1.29 is 9.53 Å². The zero-order chi connectivity index (χ0) is 14.9. The number of imidazole rings is 1. The average Bonchev–Trinajstić information content (AvgIpc) is 2.79. The van der Waals surface area contributed by atoms with Crippen molar-refractivity contribution in [2.24, 2.45) is 0 Å². The molecule has 6 heteroatoms. The highest BCUT2D eigenvalue weighted by Gasteiger charge is 2.22. The molecule has 1 atom stereocenters. The molecule has 1 aromatic carbocycles. The Morgan fingerprint density at radius 2 is 2.25 bits per heavy atom. The number of nitrogens with zero attached hydrogens (tertiary/aromatic N) is 3. The number of hydrogen-bond donors (Lipinski definition) is 1. The number of carbonyl (C=O) groups is 1. The minimum Gasteiger partial charge on any atom is -0.497 e. The molecule has 2 rings (SSSR count). The summed E-state index contributed by atoms with van der Waals surface area (Å²) in [5.41, 5.74) is 7.52. The van der Waals surface area contributed by atoms with Crippen molar-refractivity contribution in [1.29, 1.82) is 0 Å². The van der Waals surface area contributed by atoms with E-state index in [-0.39, 0.29) is 5.91 Å². The first kappa shape index (κ1) is 14.2. The summed E-state index contributed by atoms with van der Waals surface area (Å²) in [5.74, 6) is 1.04. The highest BCUT2D eigenvalue weighted by molar-refractivity contribution is 5.86. The zero-order valence-corrected chi connectivity index (χ0v) is 12.3. The fraction of sp³-hybridized carbons (Fsp3) is 0.429. The maximum absolute atomic E-state index is 12.3. The van der Waals surface area contributed by atoms with Crippen molar-refractivity contribution in [3.05, 3.63) is 18.2 Å². The molecule has 1 aromatic heterocycles. The molecular weight excluding hydrogens is 256 g/mol. The largest absolute Gasteiger partial charge is 0.497 e. The van der Waals surface area contributed by atoms with E-state index in [1.54, 1.807) is 23.6 Å². The zero-order valence-electron chi connectivity index (χ0n) is 12.3. The standard InChI is InChI=1S/C14H20N4O2/c1-5-17(3)13(19)9(2)18-12-8-10(20-4)6-7-11(12)16-14(18)15/h6-9H,5H2,1-4H3,(H2,15,16). The van der Waals surface area contributed by atoms with Crippen LogP contribution >= 0.6 is 0 Å². The minimum absolute atomic E-state index is 0.00122. The number of likely N-dealkylation sites (N-methyl/N-ethyl adjacent to an activating group) is 1. The monoisotopic (exact) mass is 276 g/mol. The normalized spacial score (nSPS) is 12.4. The van der Waals surface area contributed by atoms with Gasteiger partial charge in [-0.15, -0.1) is 0 Å². The third-order valence-electron chi connectivity index (χ3n) is 3.52. The maximum Gasteiger partial charge on any atom is 0.245 e. The fourth-order valence-corrected chi connectivity index (χ4v) is 2.21. The molecule has 0 bridgehead atoms. The second kappa shape index (κ2) is 5.40. The molecular formula is C14H20N4O2. The fourth-order valence-electron chi connectivity index (χ4n) is 2.21. The number of fused-ring (bicyclic) bond motifs is 1. The van der Waals surface area contributed by atoms with Crippen molar-refractivity contribution in [2.45, 2.75) is 19.9 Å². The molecule has 1 heterocycles. The van der Waals surface area contributed by atoms with Crippen LogP contribution in [-0.4, -0.2) is 41.1 Å². The highest BCUT2D eigenvalue weighted by atomic mass is 16.5. The first-order valence-corrected chi connectivity index (χ1v) is 6.56. The second-order valence-corrected chi connectivity index (χ2v) is 4.72. The number of ether oxygens (including phenoxy) is 1. The molecule has 1 unspecified atom stereocenters. The van der Waals surface area contributed by atoms with Gasteiger partial charge in [0.25, 0.3) is 0 Å². The van der Waals surface area contributed by atoms with Crippen molar-refractivity contribution >= 4 is 22.9 Å². The molecule has 0 aliphatic carbocycles. The lowest BCUT2D eigenvalue weighted by atomic mass is 10.2. The number of methoxy groups -OCH3 is 1. The van der Waals surface area contributed by atoms with Crippen LogP contribution in [-0.2, 0) is 4.79 Å². The molecule has 0 fully saturated rings. The van der Waals surface area contributed by atoms with Gasteiger partial charge in [0.05, 0.1) is 18.1 Å². The van der Waals surface area contributed by atoms with Gasteiger partial charge in [0.1, 0.15) is 11.8 Å². The van der Waals surface area contributed by atoms with Crippen molar-refractivity contribution in [3.63, 3.8) is 0 Å². The van der Waals surface area contributed by atoms with E-state index in [2.05, 4.69) is 4.98 Å². The van der Waals surface area contributed by atoms with E-state index in [9.17, 15) is 4.79 Å². The van der Waals surface area contributed by atoms with Crippen LogP contribution in [0, 0.1) is 0 Å². The predicted octanol–water partition coefficient (Wildman–Crippen LogP) is 1.67. The number of aromatic nitrogens is 2. The van der Waals surface area contributed by atoms with Gasteiger partial charge in [0.2, 0.25) is 11.9 Å². The molecule has 2 N–H and O–H groups in total. The Kier molecular flexibility index (Phi) is 3.83. The van der Waals surface area contributed by atoms with Crippen molar-refractivity contribution in [3.8, 4) is 5.75 Å². The van der Waals surface area contributed by atoms with E-state index in [4.69, 9.17) is 10.5 Å². The van der Waals surface area contributed by atoms with Gasteiger partial charge in [-0.2, -0.15) is 0 Å². The topological polar surface area (TPSA) is 73.4 Å². The third-order valence-corrected chi connectivity index (χ3v) is 3.52. The number of hydrogen-bond acceptors (Lipinski definition) is 4. The van der Waals surface area contributed by atoms with Crippen LogP contribution in [0.4, 0.5) is 5.95 Å². The molecule has 6 nitrogen and oxygen atoms in total. The van der Waals surface area contributed by atoms with E-state index < -0.39 is 6.04 Å². The van der Waals surface area contributed by atoms with Crippen LogP contribution in [0.25, 0.3) is 11.0 Å². The van der Waals surface area contributed by atoms with Crippen molar-refractivity contribution in [1.82, 2.24) is 14.5 Å². The highest BCUT2D eigenvalue weighted by Crippen LogP contribution is 2.27. The molecule has 0 spiro atoms. The van der Waals surface area contributed by atoms with Gasteiger partial charge in [-0.05, 0) is 26.0 Å². The van der Waals surface area contributed by atoms with Crippen LogP contribution in [0.3, 0.4) is 0 Å². The lowest BCUT2D eigenvalue weighted by Gasteiger charge is -2.22. The predicted molar refractivity (Wildman–Crippen MR) is 78.7 cm³/mol. The van der Waals surface area contributed by atoms with Gasteiger partial charge in [-0.1, -0.05) is 0 Å². The molecule has 1 amide bonds. The summed E-state index contributed by atoms with van der Waals surface area (Å²) < 4.78 is 6.96. The summed E-state index contributed by atoms with van der Waals surface area (Å²) in [6, 6.07) is 5.09. The SMILES string of the molecule is CCN(C)C(=O)C(C)n1c(N)nc2ccc(OC)cc21. The Hall–Kier alpha value is -2.24. The summed E-state index contributed by atoms with van der Waals surface area (Å²) in [6.45, 7) is 4.41. The molecule has 0 radical (unpaired) electrons. The van der Waals surface area contributed by atoms with Crippen LogP contribution in [0.15, 0.2) is 18.2 Å². The maximum atomic E-state index is 12.3. The summed E-state index contributed by atoms with van der Waals surface area (Å²) in [5, 5.41) is 0. The van der Waals surface area contributed by atoms with Crippen LogP contribution in [0.5, 0.6) is 5.75 Å². The van der Waals surface area contributed by atoms with Gasteiger partial charge in [-0.3, -0.25) is 9.36 Å². The first-order chi connectivity index (χ1) is 9.49. The summed E-state index contributed by atoms with van der Waals surface area (Å²) in [4.78, 5) is 18.3. The number of nitrogens with two attached hydrogens (primary N) is 1. The Morgan fingerprint density at radius 3 is 2.85 bits per heavy atom. The second-order valence-electron chi connectivity index (χ2n) is 4.72. The Morgan fingerprint density at radius 1 is 1.55 bits per heavy atom. The average molecular weight is 276 g/mol. The Labute approximate surface area is 118 Å². The van der Waals surface area contributed by atoms with E-state index in [0.717, 1.165) is 11.0 Å². The molecule has 108 valence electrons. The number of nitrogen functional groups attached to an aromatic ring is 1. The molecule has 20 heavy (non-hydrogen) atoms. The van der Waals surface area contributed by atoms with E-state index in [1.165, 1.54) is 0 Å². The minimum atomic E-state index is -0.406. The number of amides is 1. The number of anilines is 1. The summed E-state index contributed by atoms with van der Waals surface area (Å²) >= 11 is 0. The van der Waals surface area contributed by atoms with Gasteiger partial charge in [0.15, 0.2) is 0 Å². The van der Waals surface area contributed by atoms with Crippen LogP contribution in [0.2, 0.25) is 0 Å². The van der Waals surface area contributed by atoms with Gasteiger partial charge in [-0.25, -0.2) is 4.98 Å². The Balaban J connectivity index is 2.52.